The van der Waals surface area contributed by atoms with Gasteiger partial charge in [-0.05, 0) is 29.8 Å². The van der Waals surface area contributed by atoms with Crippen molar-refractivity contribution in [1.82, 2.24) is 4.72 Å². The molecule has 10 heteroatoms. The Labute approximate surface area is 142 Å². The number of non-ortho nitro benzene ring substituents is 1. The van der Waals surface area contributed by atoms with Crippen molar-refractivity contribution >= 4 is 21.7 Å². The number of nitro benzene ring substituents is 1. The van der Waals surface area contributed by atoms with Crippen LogP contribution in [-0.2, 0) is 14.8 Å². The summed E-state index contributed by atoms with van der Waals surface area (Å²) in [4.78, 5) is 21.0. The minimum absolute atomic E-state index is 0.127. The molecule has 25 heavy (non-hydrogen) atoms. The highest BCUT2D eigenvalue weighted by molar-refractivity contribution is 7.89. The van der Waals surface area contributed by atoms with E-state index in [1.54, 1.807) is 0 Å². The summed E-state index contributed by atoms with van der Waals surface area (Å²) >= 11 is 0. The summed E-state index contributed by atoms with van der Waals surface area (Å²) in [6, 6.07) is 7.75. The number of carboxylic acids is 1. The minimum atomic E-state index is -4.15. The molecule has 8 nitrogen and oxygen atoms in total. The van der Waals surface area contributed by atoms with Gasteiger partial charge in [0.2, 0.25) is 10.0 Å². The summed E-state index contributed by atoms with van der Waals surface area (Å²) in [5, 5.41) is 19.9. The summed E-state index contributed by atoms with van der Waals surface area (Å²) in [5.41, 5.74) is -0.170. The summed E-state index contributed by atoms with van der Waals surface area (Å²) in [6.45, 7) is 0. The molecular weight excluding hydrogens is 355 g/mol. The van der Waals surface area contributed by atoms with Crippen LogP contribution in [0, 0.1) is 15.9 Å². The lowest BCUT2D eigenvalue weighted by Crippen LogP contribution is -2.30. The number of aliphatic carboxylic acids is 1. The topological polar surface area (TPSA) is 127 Å². The van der Waals surface area contributed by atoms with E-state index in [0.29, 0.717) is 0 Å². The average molecular weight is 368 g/mol. The monoisotopic (exact) mass is 368 g/mol. The van der Waals surface area contributed by atoms with Crippen LogP contribution in [0.25, 0.3) is 0 Å². The van der Waals surface area contributed by atoms with Gasteiger partial charge in [0, 0.05) is 12.1 Å². The number of hydrogen-bond acceptors (Lipinski definition) is 5. The maximum absolute atomic E-state index is 12.9. The number of nitro groups is 1. The van der Waals surface area contributed by atoms with Crippen molar-refractivity contribution in [3.63, 3.8) is 0 Å². The molecule has 0 bridgehead atoms. The summed E-state index contributed by atoms with van der Waals surface area (Å²) in [6.07, 6.45) is -0.623. The highest BCUT2D eigenvalue weighted by Gasteiger charge is 2.25. The van der Waals surface area contributed by atoms with E-state index in [4.69, 9.17) is 5.11 Å². The third kappa shape index (κ3) is 4.81. The Morgan fingerprint density at radius 2 is 1.88 bits per heavy atom. The van der Waals surface area contributed by atoms with Gasteiger partial charge in [0.15, 0.2) is 0 Å². The van der Waals surface area contributed by atoms with E-state index in [2.05, 4.69) is 4.72 Å². The van der Waals surface area contributed by atoms with Crippen LogP contribution in [0.2, 0.25) is 0 Å². The van der Waals surface area contributed by atoms with E-state index in [-0.39, 0.29) is 16.1 Å². The number of hydrogen-bond donors (Lipinski definition) is 2. The zero-order chi connectivity index (χ0) is 18.6. The third-order valence-electron chi connectivity index (χ3n) is 3.28. The molecule has 0 spiro atoms. The summed E-state index contributed by atoms with van der Waals surface area (Å²) in [7, 11) is -4.15. The average Bonchev–Trinajstić information content (AvgIpc) is 2.54. The number of nitrogens with zero attached hydrogens (tertiary/aromatic N) is 1. The van der Waals surface area contributed by atoms with Gasteiger partial charge in [-0.15, -0.1) is 0 Å². The predicted octanol–water partition coefficient (Wildman–Crippen LogP) is 2.23. The van der Waals surface area contributed by atoms with E-state index in [0.717, 1.165) is 30.3 Å². The number of nitrogens with one attached hydrogen (secondary N) is 1. The zero-order valence-electron chi connectivity index (χ0n) is 12.6. The Bertz CT molecular complexity index is 898. The highest BCUT2D eigenvalue weighted by Crippen LogP contribution is 2.24. The number of carbonyl (C=O) groups is 1. The molecule has 0 aromatic heterocycles. The van der Waals surface area contributed by atoms with Gasteiger partial charge in [0.1, 0.15) is 5.82 Å². The minimum Gasteiger partial charge on any atom is -0.481 e. The molecule has 0 heterocycles. The van der Waals surface area contributed by atoms with Crippen LogP contribution in [0.15, 0.2) is 53.4 Å². The molecule has 0 aliphatic carbocycles. The fourth-order valence-electron chi connectivity index (χ4n) is 2.13. The highest BCUT2D eigenvalue weighted by atomic mass is 32.2. The van der Waals surface area contributed by atoms with Crippen LogP contribution < -0.4 is 4.72 Å². The fourth-order valence-corrected chi connectivity index (χ4v) is 3.35. The molecule has 0 saturated heterocycles. The molecule has 0 aliphatic rings. The number of benzene rings is 2. The molecule has 2 aromatic carbocycles. The van der Waals surface area contributed by atoms with Crippen LogP contribution in [-0.4, -0.2) is 24.4 Å². The molecule has 132 valence electrons. The van der Waals surface area contributed by atoms with Crippen molar-refractivity contribution in [3.05, 3.63) is 70.0 Å². The van der Waals surface area contributed by atoms with Gasteiger partial charge in [0.25, 0.3) is 5.69 Å². The molecular formula is C15H13FN2O6S. The van der Waals surface area contributed by atoms with Crippen LogP contribution in [0.4, 0.5) is 10.1 Å². The van der Waals surface area contributed by atoms with Crippen molar-refractivity contribution in [2.45, 2.75) is 17.4 Å². The first-order valence-electron chi connectivity index (χ1n) is 6.93. The lowest BCUT2D eigenvalue weighted by atomic mass is 10.0. The van der Waals surface area contributed by atoms with E-state index in [1.165, 1.54) is 18.2 Å². The Morgan fingerprint density at radius 3 is 2.44 bits per heavy atom. The summed E-state index contributed by atoms with van der Waals surface area (Å²) in [5.74, 6) is -1.92. The Morgan fingerprint density at radius 1 is 1.24 bits per heavy atom. The van der Waals surface area contributed by atoms with Gasteiger partial charge in [-0.1, -0.05) is 12.1 Å². The maximum Gasteiger partial charge on any atom is 0.305 e. The molecule has 0 radical (unpaired) electrons. The largest absolute Gasteiger partial charge is 0.481 e. The van der Waals surface area contributed by atoms with Gasteiger partial charge in [-0.3, -0.25) is 14.9 Å². The third-order valence-corrected chi connectivity index (χ3v) is 4.77. The van der Waals surface area contributed by atoms with Gasteiger partial charge in [0.05, 0.1) is 22.3 Å². The second kappa shape index (κ2) is 7.36. The first-order chi connectivity index (χ1) is 11.7. The van der Waals surface area contributed by atoms with Gasteiger partial charge < -0.3 is 5.11 Å². The first kappa shape index (κ1) is 18.5. The molecule has 2 N–H and O–H groups in total. The number of sulfonamides is 1. The van der Waals surface area contributed by atoms with E-state index < -0.39 is 39.2 Å². The molecule has 0 amide bonds. The summed E-state index contributed by atoms with van der Waals surface area (Å²) < 4.78 is 39.9. The van der Waals surface area contributed by atoms with Gasteiger partial charge in [-0.2, -0.15) is 0 Å². The van der Waals surface area contributed by atoms with Crippen LogP contribution in [0.3, 0.4) is 0 Å². The normalized spacial score (nSPS) is 12.5. The Hall–Kier alpha value is -2.85. The molecule has 0 aliphatic heterocycles. The van der Waals surface area contributed by atoms with Gasteiger partial charge >= 0.3 is 5.97 Å². The van der Waals surface area contributed by atoms with E-state index >= 15 is 0 Å². The van der Waals surface area contributed by atoms with Crippen molar-refractivity contribution in [2.75, 3.05) is 0 Å². The fraction of sp³-hybridized carbons (Fsp3) is 0.133. The van der Waals surface area contributed by atoms with E-state index in [9.17, 15) is 27.7 Å². The second-order valence-corrected chi connectivity index (χ2v) is 6.79. The van der Waals surface area contributed by atoms with Crippen LogP contribution >= 0.6 is 0 Å². The quantitative estimate of drug-likeness (QED) is 0.570. The molecule has 0 unspecified atom stereocenters. The molecule has 1 atom stereocenters. The smallest absolute Gasteiger partial charge is 0.305 e. The first-order valence-corrected chi connectivity index (χ1v) is 8.41. The van der Waals surface area contributed by atoms with Crippen molar-refractivity contribution in [1.29, 1.82) is 0 Å². The molecule has 2 aromatic rings. The number of carboxylic acid groups (broad SMARTS) is 1. The van der Waals surface area contributed by atoms with Crippen molar-refractivity contribution in [2.24, 2.45) is 0 Å². The lowest BCUT2D eigenvalue weighted by Gasteiger charge is -2.17. The Balaban J connectivity index is 2.38. The Kier molecular flexibility index (Phi) is 5.45. The van der Waals surface area contributed by atoms with Gasteiger partial charge in [-0.25, -0.2) is 17.5 Å². The number of halogens is 1. The SMILES string of the molecule is O=C(O)C[C@@H](NS(=O)(=O)c1ccc(F)cc1)c1cccc([N+](=O)[O-])c1. The standard InChI is InChI=1S/C15H13FN2O6S/c16-11-4-6-13(7-5-11)25(23,24)17-14(9-15(19)20)10-2-1-3-12(8-10)18(21)22/h1-8,14,17H,9H2,(H,19,20)/t14-/m1/s1. The van der Waals surface area contributed by atoms with E-state index in [1.807, 2.05) is 0 Å². The molecule has 2 rings (SSSR count). The van der Waals surface area contributed by atoms with Crippen LogP contribution in [0.1, 0.15) is 18.0 Å². The second-order valence-electron chi connectivity index (χ2n) is 5.08. The molecule has 0 fully saturated rings. The molecule has 0 saturated carbocycles. The lowest BCUT2D eigenvalue weighted by molar-refractivity contribution is -0.384. The van der Waals surface area contributed by atoms with Crippen molar-refractivity contribution < 1.29 is 27.6 Å². The predicted molar refractivity (Wildman–Crippen MR) is 84.8 cm³/mol. The zero-order valence-corrected chi connectivity index (χ0v) is 13.4. The van der Waals surface area contributed by atoms with Crippen molar-refractivity contribution in [3.8, 4) is 0 Å². The van der Waals surface area contributed by atoms with Crippen LogP contribution in [0.5, 0.6) is 0 Å². The maximum atomic E-state index is 12.9. The number of rotatable bonds is 7.